The van der Waals surface area contributed by atoms with Crippen LogP contribution < -0.4 is 10.6 Å². The van der Waals surface area contributed by atoms with Crippen LogP contribution in [0.5, 0.6) is 0 Å². The predicted octanol–water partition coefficient (Wildman–Crippen LogP) is 1.80. The van der Waals surface area contributed by atoms with Crippen molar-refractivity contribution in [2.45, 2.75) is 31.7 Å². The highest BCUT2D eigenvalue weighted by Gasteiger charge is 2.19. The zero-order valence-corrected chi connectivity index (χ0v) is 9.49. The third-order valence-corrected chi connectivity index (χ3v) is 3.03. The van der Waals surface area contributed by atoms with E-state index in [0.29, 0.717) is 11.6 Å². The first-order valence-electron chi connectivity index (χ1n) is 5.74. The molecule has 0 spiro atoms. The molecule has 0 unspecified atom stereocenters. The molecule has 2 rings (SSSR count). The molecule has 1 fully saturated rings. The van der Waals surface area contributed by atoms with Crippen LogP contribution in [0.25, 0.3) is 0 Å². The van der Waals surface area contributed by atoms with Crippen LogP contribution in [0.3, 0.4) is 0 Å². The quantitative estimate of drug-likeness (QED) is 0.815. The highest BCUT2D eigenvalue weighted by atomic mass is 16.1. The zero-order valence-electron chi connectivity index (χ0n) is 9.49. The third kappa shape index (κ3) is 2.32. The first-order valence-corrected chi connectivity index (χ1v) is 5.74. The number of nitrogens with zero attached hydrogens (tertiary/aromatic N) is 1. The first-order chi connectivity index (χ1) is 7.81. The lowest BCUT2D eigenvalue weighted by molar-refractivity contribution is 0.0938. The number of pyridine rings is 1. The molecule has 0 bridgehead atoms. The fourth-order valence-corrected chi connectivity index (χ4v) is 2.12. The van der Waals surface area contributed by atoms with Crippen molar-refractivity contribution >= 4 is 11.6 Å². The monoisotopic (exact) mass is 219 g/mol. The van der Waals surface area contributed by atoms with E-state index in [1.807, 2.05) is 0 Å². The van der Waals surface area contributed by atoms with Crippen molar-refractivity contribution in [2.24, 2.45) is 0 Å². The van der Waals surface area contributed by atoms with Crippen LogP contribution in [-0.4, -0.2) is 24.0 Å². The van der Waals surface area contributed by atoms with Gasteiger partial charge in [0.15, 0.2) is 0 Å². The summed E-state index contributed by atoms with van der Waals surface area (Å²) in [6.45, 7) is 0. The molecule has 2 N–H and O–H groups in total. The number of aromatic nitrogens is 1. The summed E-state index contributed by atoms with van der Waals surface area (Å²) in [5, 5.41) is 6.04. The van der Waals surface area contributed by atoms with Crippen LogP contribution in [0.4, 0.5) is 5.69 Å². The van der Waals surface area contributed by atoms with Crippen LogP contribution >= 0.6 is 0 Å². The molecule has 4 nitrogen and oxygen atoms in total. The smallest absolute Gasteiger partial charge is 0.253 e. The summed E-state index contributed by atoms with van der Waals surface area (Å²) in [6.07, 6.45) is 7.96. The second kappa shape index (κ2) is 4.96. The minimum Gasteiger partial charge on any atom is -0.386 e. The van der Waals surface area contributed by atoms with Gasteiger partial charge in [-0.1, -0.05) is 12.8 Å². The molecule has 1 heterocycles. The Labute approximate surface area is 95.5 Å². The maximum atomic E-state index is 12.0. The summed E-state index contributed by atoms with van der Waals surface area (Å²) in [5.41, 5.74) is 1.45. The topological polar surface area (TPSA) is 54.0 Å². The molecule has 0 aliphatic heterocycles. The van der Waals surface area contributed by atoms with Gasteiger partial charge in [-0.25, -0.2) is 0 Å². The van der Waals surface area contributed by atoms with E-state index in [2.05, 4.69) is 15.6 Å². The molecule has 1 saturated carbocycles. The maximum absolute atomic E-state index is 12.0. The molecule has 1 aliphatic rings. The summed E-state index contributed by atoms with van der Waals surface area (Å²) in [5.74, 6) is -0.00125. The summed E-state index contributed by atoms with van der Waals surface area (Å²) in [6, 6.07) is 2.10. The lowest BCUT2D eigenvalue weighted by Crippen LogP contribution is -2.33. The number of nitrogens with one attached hydrogen (secondary N) is 2. The number of carbonyl (C=O) groups excluding carboxylic acids is 1. The van der Waals surface area contributed by atoms with Gasteiger partial charge in [0, 0.05) is 19.3 Å². The molecule has 0 aromatic carbocycles. The number of anilines is 1. The van der Waals surface area contributed by atoms with E-state index in [0.717, 1.165) is 18.5 Å². The lowest BCUT2D eigenvalue weighted by Gasteiger charge is -2.13. The van der Waals surface area contributed by atoms with Crippen LogP contribution in [0, 0.1) is 0 Å². The zero-order chi connectivity index (χ0) is 11.4. The number of hydrogen-bond acceptors (Lipinski definition) is 3. The van der Waals surface area contributed by atoms with Crippen molar-refractivity contribution in [3.05, 3.63) is 24.0 Å². The Morgan fingerprint density at radius 1 is 1.44 bits per heavy atom. The molecule has 0 atom stereocenters. The van der Waals surface area contributed by atoms with Crippen molar-refractivity contribution in [3.63, 3.8) is 0 Å². The van der Waals surface area contributed by atoms with Gasteiger partial charge in [-0.05, 0) is 18.9 Å². The number of rotatable bonds is 3. The van der Waals surface area contributed by atoms with Gasteiger partial charge >= 0.3 is 0 Å². The molecule has 4 heteroatoms. The highest BCUT2D eigenvalue weighted by Crippen LogP contribution is 2.19. The van der Waals surface area contributed by atoms with Crippen molar-refractivity contribution in [1.29, 1.82) is 0 Å². The van der Waals surface area contributed by atoms with Crippen LogP contribution in [-0.2, 0) is 0 Å². The first kappa shape index (κ1) is 10.9. The summed E-state index contributed by atoms with van der Waals surface area (Å²) in [7, 11) is 1.80. The van der Waals surface area contributed by atoms with Crippen molar-refractivity contribution < 1.29 is 4.79 Å². The Kier molecular flexibility index (Phi) is 3.39. The van der Waals surface area contributed by atoms with Gasteiger partial charge in [-0.15, -0.1) is 0 Å². The Balaban J connectivity index is 2.07. The summed E-state index contributed by atoms with van der Waals surface area (Å²) in [4.78, 5) is 16.0. The van der Waals surface area contributed by atoms with E-state index in [4.69, 9.17) is 0 Å². The highest BCUT2D eigenvalue weighted by molar-refractivity contribution is 5.99. The molecule has 1 amide bonds. The van der Waals surface area contributed by atoms with E-state index >= 15 is 0 Å². The Morgan fingerprint density at radius 3 is 2.88 bits per heavy atom. The normalized spacial score (nSPS) is 16.1. The average Bonchev–Trinajstić information content (AvgIpc) is 2.81. The van der Waals surface area contributed by atoms with E-state index in [9.17, 15) is 4.79 Å². The fraction of sp³-hybridized carbons (Fsp3) is 0.500. The van der Waals surface area contributed by atoms with Crippen LogP contribution in [0.1, 0.15) is 36.0 Å². The third-order valence-electron chi connectivity index (χ3n) is 3.03. The predicted molar refractivity (Wildman–Crippen MR) is 63.5 cm³/mol. The molecule has 86 valence electrons. The molecule has 0 radical (unpaired) electrons. The molecule has 1 aliphatic carbocycles. The van der Waals surface area contributed by atoms with Crippen LogP contribution in [0.2, 0.25) is 0 Å². The van der Waals surface area contributed by atoms with Gasteiger partial charge in [0.1, 0.15) is 0 Å². The molecule has 1 aromatic rings. The largest absolute Gasteiger partial charge is 0.386 e. The Morgan fingerprint density at radius 2 is 2.19 bits per heavy atom. The average molecular weight is 219 g/mol. The Hall–Kier alpha value is -1.58. The summed E-state index contributed by atoms with van der Waals surface area (Å²) < 4.78 is 0. The van der Waals surface area contributed by atoms with Crippen molar-refractivity contribution in [2.75, 3.05) is 12.4 Å². The maximum Gasteiger partial charge on any atom is 0.253 e. The standard InChI is InChI=1S/C12H17N3O/c1-13-11-8-14-7-6-10(11)12(16)15-9-4-2-3-5-9/h6-9,13H,2-5H2,1H3,(H,15,16). The van der Waals surface area contributed by atoms with Crippen molar-refractivity contribution in [3.8, 4) is 0 Å². The molecule has 1 aromatic heterocycles. The fourth-order valence-electron chi connectivity index (χ4n) is 2.12. The van der Waals surface area contributed by atoms with Gasteiger partial charge in [0.2, 0.25) is 0 Å². The van der Waals surface area contributed by atoms with Crippen LogP contribution in [0.15, 0.2) is 18.5 Å². The van der Waals surface area contributed by atoms with E-state index in [1.165, 1.54) is 12.8 Å². The second-order valence-electron chi connectivity index (χ2n) is 4.13. The molecule has 0 saturated heterocycles. The number of hydrogen-bond donors (Lipinski definition) is 2. The van der Waals surface area contributed by atoms with Gasteiger partial charge in [0.05, 0.1) is 17.4 Å². The van der Waals surface area contributed by atoms with Gasteiger partial charge in [0.25, 0.3) is 5.91 Å². The van der Waals surface area contributed by atoms with E-state index in [-0.39, 0.29) is 5.91 Å². The number of carbonyl (C=O) groups is 1. The van der Waals surface area contributed by atoms with Gasteiger partial charge < -0.3 is 10.6 Å². The molecular formula is C12H17N3O. The lowest BCUT2D eigenvalue weighted by atomic mass is 10.2. The SMILES string of the molecule is CNc1cnccc1C(=O)NC1CCCC1. The van der Waals surface area contributed by atoms with E-state index in [1.54, 1.807) is 25.5 Å². The summed E-state index contributed by atoms with van der Waals surface area (Å²) >= 11 is 0. The Bertz CT molecular complexity index is 372. The van der Waals surface area contributed by atoms with Crippen molar-refractivity contribution in [1.82, 2.24) is 10.3 Å². The number of amides is 1. The van der Waals surface area contributed by atoms with Gasteiger partial charge in [-0.2, -0.15) is 0 Å². The minimum absolute atomic E-state index is 0.00125. The molecule has 16 heavy (non-hydrogen) atoms. The van der Waals surface area contributed by atoms with Gasteiger partial charge in [-0.3, -0.25) is 9.78 Å². The molecular weight excluding hydrogens is 202 g/mol. The minimum atomic E-state index is -0.00125. The second-order valence-corrected chi connectivity index (χ2v) is 4.13. The van der Waals surface area contributed by atoms with E-state index < -0.39 is 0 Å².